The molecule has 1 N–H and O–H groups in total. The normalized spacial score (nSPS) is 14.2. The molecule has 1 aromatic carbocycles. The van der Waals surface area contributed by atoms with E-state index in [2.05, 4.69) is 0 Å². The lowest BCUT2D eigenvalue weighted by Crippen LogP contribution is -2.01. The van der Waals surface area contributed by atoms with Crippen molar-refractivity contribution < 1.29 is 10.0 Å². The Morgan fingerprint density at radius 1 is 1.17 bits per heavy atom. The number of phenolic OH excluding ortho intramolecular Hbond substituents is 1. The van der Waals surface area contributed by atoms with Crippen molar-refractivity contribution in [3.05, 3.63) is 33.4 Å². The predicted octanol–water partition coefficient (Wildman–Crippen LogP) is 4.33. The molecule has 0 radical (unpaired) electrons. The molecule has 0 spiro atoms. The van der Waals surface area contributed by atoms with Gasteiger partial charge in [0.05, 0.1) is 4.92 Å². The molecule has 18 heavy (non-hydrogen) atoms. The molecule has 0 bridgehead atoms. The third-order valence-corrected chi connectivity index (χ3v) is 3.65. The molecule has 0 aliphatic rings. The minimum absolute atomic E-state index is 0.0680. The molecule has 0 amide bonds. The first-order valence-electron chi connectivity index (χ1n) is 6.43. The summed E-state index contributed by atoms with van der Waals surface area (Å²) >= 11 is 0. The lowest BCUT2D eigenvalue weighted by molar-refractivity contribution is -0.385. The van der Waals surface area contributed by atoms with Crippen LogP contribution in [0.1, 0.15) is 63.5 Å². The van der Waals surface area contributed by atoms with Crippen LogP contribution in [0.15, 0.2) is 12.1 Å². The smallest absolute Gasteiger partial charge is 0.270 e. The van der Waals surface area contributed by atoms with Crippen molar-refractivity contribution in [1.82, 2.24) is 0 Å². The number of rotatable bonds is 5. The monoisotopic (exact) mass is 251 g/mol. The van der Waals surface area contributed by atoms with Crippen molar-refractivity contribution >= 4 is 5.69 Å². The Morgan fingerprint density at radius 3 is 1.83 bits per heavy atom. The van der Waals surface area contributed by atoms with E-state index in [4.69, 9.17) is 0 Å². The molecule has 2 atom stereocenters. The van der Waals surface area contributed by atoms with Crippen LogP contribution in [0.3, 0.4) is 0 Å². The zero-order chi connectivity index (χ0) is 13.9. The molecule has 1 aromatic rings. The Morgan fingerprint density at radius 2 is 1.56 bits per heavy atom. The summed E-state index contributed by atoms with van der Waals surface area (Å²) in [6.45, 7) is 7.95. The number of phenols is 1. The topological polar surface area (TPSA) is 63.4 Å². The van der Waals surface area contributed by atoms with Crippen molar-refractivity contribution in [3.63, 3.8) is 0 Å². The van der Waals surface area contributed by atoms with Crippen LogP contribution in [-0.4, -0.2) is 10.0 Å². The summed E-state index contributed by atoms with van der Waals surface area (Å²) in [5.74, 6) is 0.463. The minimum Gasteiger partial charge on any atom is -0.507 e. The van der Waals surface area contributed by atoms with E-state index < -0.39 is 4.92 Å². The van der Waals surface area contributed by atoms with E-state index in [0.29, 0.717) is 11.1 Å². The minimum atomic E-state index is -0.392. The molecule has 1 rings (SSSR count). The number of hydrogen-bond acceptors (Lipinski definition) is 3. The molecule has 0 saturated carbocycles. The summed E-state index contributed by atoms with van der Waals surface area (Å²) in [7, 11) is 0. The molecule has 0 aliphatic carbocycles. The summed E-state index contributed by atoms with van der Waals surface area (Å²) in [5.41, 5.74) is 1.43. The molecule has 4 heteroatoms. The zero-order valence-corrected chi connectivity index (χ0v) is 11.4. The van der Waals surface area contributed by atoms with Gasteiger partial charge in [-0.25, -0.2) is 0 Å². The van der Waals surface area contributed by atoms with E-state index in [1.165, 1.54) is 12.1 Å². The number of hydrogen-bond donors (Lipinski definition) is 1. The largest absolute Gasteiger partial charge is 0.507 e. The number of benzene rings is 1. The SMILES string of the molecule is CCC(C)c1cc([N+](=O)[O-])cc(C(C)CC)c1O. The molecule has 0 saturated heterocycles. The van der Waals surface area contributed by atoms with Gasteiger partial charge in [-0.2, -0.15) is 0 Å². The van der Waals surface area contributed by atoms with Gasteiger partial charge in [-0.05, 0) is 24.7 Å². The van der Waals surface area contributed by atoms with E-state index in [-0.39, 0.29) is 23.3 Å². The van der Waals surface area contributed by atoms with Gasteiger partial charge in [0.25, 0.3) is 5.69 Å². The fraction of sp³-hybridized carbons (Fsp3) is 0.571. The molecule has 0 fully saturated rings. The van der Waals surface area contributed by atoms with Crippen LogP contribution in [0, 0.1) is 10.1 Å². The highest BCUT2D eigenvalue weighted by atomic mass is 16.6. The summed E-state index contributed by atoms with van der Waals surface area (Å²) in [4.78, 5) is 10.6. The predicted molar refractivity (Wildman–Crippen MR) is 72.2 cm³/mol. The molecular formula is C14H21NO3. The molecule has 100 valence electrons. The van der Waals surface area contributed by atoms with Crippen molar-refractivity contribution in [2.75, 3.05) is 0 Å². The van der Waals surface area contributed by atoms with E-state index in [9.17, 15) is 15.2 Å². The highest BCUT2D eigenvalue weighted by Gasteiger charge is 2.21. The Labute approximate surface area is 108 Å². The van der Waals surface area contributed by atoms with Crippen LogP contribution in [0.5, 0.6) is 5.75 Å². The van der Waals surface area contributed by atoms with E-state index in [0.717, 1.165) is 12.8 Å². The highest BCUT2D eigenvalue weighted by Crippen LogP contribution is 2.38. The van der Waals surface area contributed by atoms with Gasteiger partial charge in [0, 0.05) is 23.3 Å². The number of nitro groups is 1. The second kappa shape index (κ2) is 5.85. The van der Waals surface area contributed by atoms with Crippen LogP contribution in [0.2, 0.25) is 0 Å². The molecule has 2 unspecified atom stereocenters. The number of nitrogens with zero attached hydrogens (tertiary/aromatic N) is 1. The van der Waals surface area contributed by atoms with Crippen LogP contribution in [-0.2, 0) is 0 Å². The Balaban J connectivity index is 3.42. The third kappa shape index (κ3) is 2.81. The van der Waals surface area contributed by atoms with Crippen molar-refractivity contribution in [2.45, 2.75) is 52.4 Å². The molecule has 0 aromatic heterocycles. The van der Waals surface area contributed by atoms with E-state index in [1.807, 2.05) is 27.7 Å². The third-order valence-electron chi connectivity index (χ3n) is 3.65. The molecule has 0 aliphatic heterocycles. The summed E-state index contributed by atoms with van der Waals surface area (Å²) in [6, 6.07) is 2.99. The van der Waals surface area contributed by atoms with Crippen LogP contribution in [0.4, 0.5) is 5.69 Å². The van der Waals surface area contributed by atoms with Crippen LogP contribution in [0.25, 0.3) is 0 Å². The molecular weight excluding hydrogens is 230 g/mol. The summed E-state index contributed by atoms with van der Waals surface area (Å²) < 4.78 is 0. The van der Waals surface area contributed by atoms with Crippen molar-refractivity contribution in [2.24, 2.45) is 0 Å². The summed E-state index contributed by atoms with van der Waals surface area (Å²) in [6.07, 6.45) is 1.68. The molecule has 0 heterocycles. The standard InChI is InChI=1S/C14H21NO3/c1-5-9(3)12-7-11(15(17)18)8-13(14(12)16)10(4)6-2/h7-10,16H,5-6H2,1-4H3. The van der Waals surface area contributed by atoms with Gasteiger partial charge >= 0.3 is 0 Å². The second-order valence-electron chi connectivity index (χ2n) is 4.85. The van der Waals surface area contributed by atoms with E-state index >= 15 is 0 Å². The fourth-order valence-electron chi connectivity index (χ4n) is 1.96. The van der Waals surface area contributed by atoms with Gasteiger partial charge in [0.2, 0.25) is 0 Å². The average Bonchev–Trinajstić information content (AvgIpc) is 2.36. The Hall–Kier alpha value is -1.58. The maximum Gasteiger partial charge on any atom is 0.270 e. The van der Waals surface area contributed by atoms with Gasteiger partial charge in [-0.1, -0.05) is 27.7 Å². The van der Waals surface area contributed by atoms with Crippen LogP contribution < -0.4 is 0 Å². The van der Waals surface area contributed by atoms with Gasteiger partial charge in [-0.3, -0.25) is 10.1 Å². The quantitative estimate of drug-likeness (QED) is 0.625. The van der Waals surface area contributed by atoms with E-state index in [1.54, 1.807) is 0 Å². The lowest BCUT2D eigenvalue weighted by atomic mass is 9.89. The maximum absolute atomic E-state index is 11.0. The number of nitro benzene ring substituents is 1. The Kier molecular flexibility index (Phi) is 4.70. The first-order valence-corrected chi connectivity index (χ1v) is 6.43. The van der Waals surface area contributed by atoms with Crippen molar-refractivity contribution in [3.8, 4) is 5.75 Å². The zero-order valence-electron chi connectivity index (χ0n) is 11.4. The first kappa shape index (κ1) is 14.5. The first-order chi connectivity index (χ1) is 8.42. The lowest BCUT2D eigenvalue weighted by Gasteiger charge is -2.17. The fourth-order valence-corrected chi connectivity index (χ4v) is 1.96. The number of aromatic hydroxyl groups is 1. The van der Waals surface area contributed by atoms with Gasteiger partial charge in [0.1, 0.15) is 5.75 Å². The van der Waals surface area contributed by atoms with Gasteiger partial charge in [-0.15, -0.1) is 0 Å². The number of non-ortho nitro benzene ring substituents is 1. The van der Waals surface area contributed by atoms with Gasteiger partial charge in [0.15, 0.2) is 0 Å². The highest BCUT2D eigenvalue weighted by molar-refractivity contribution is 5.52. The second-order valence-corrected chi connectivity index (χ2v) is 4.85. The van der Waals surface area contributed by atoms with Gasteiger partial charge < -0.3 is 5.11 Å². The van der Waals surface area contributed by atoms with Crippen molar-refractivity contribution in [1.29, 1.82) is 0 Å². The maximum atomic E-state index is 11.0. The Bertz CT molecular complexity index is 412. The molecule has 4 nitrogen and oxygen atoms in total. The summed E-state index contributed by atoms with van der Waals surface area (Å²) in [5, 5.41) is 21.2. The van der Waals surface area contributed by atoms with Crippen LogP contribution >= 0.6 is 0 Å². The average molecular weight is 251 g/mol.